The molecule has 0 spiro atoms. The Morgan fingerprint density at radius 1 is 1.08 bits per heavy atom. The molecule has 3 rings (SSSR count). The van der Waals surface area contributed by atoms with E-state index in [9.17, 15) is 4.79 Å². The number of amides is 1. The topological polar surface area (TPSA) is 41.6 Å². The minimum absolute atomic E-state index is 0.0369. The summed E-state index contributed by atoms with van der Waals surface area (Å²) in [4.78, 5) is 14.4. The number of halogens is 2. The Hall–Kier alpha value is -1.75. The highest BCUT2D eigenvalue weighted by atomic mass is 35.5. The van der Waals surface area contributed by atoms with Crippen molar-refractivity contribution in [1.29, 1.82) is 0 Å². The minimum Gasteiger partial charge on any atom is -0.378 e. The maximum absolute atomic E-state index is 12.1. The van der Waals surface area contributed by atoms with Gasteiger partial charge in [-0.15, -0.1) is 0 Å². The molecule has 1 heterocycles. The Morgan fingerprint density at radius 2 is 1.80 bits per heavy atom. The predicted molar refractivity (Wildman–Crippen MR) is 103 cm³/mol. The number of nitrogens with zero attached hydrogens (tertiary/aromatic N) is 1. The highest BCUT2D eigenvalue weighted by Gasteiger charge is 2.11. The molecule has 2 aromatic carbocycles. The second-order valence-electron chi connectivity index (χ2n) is 5.93. The van der Waals surface area contributed by atoms with Gasteiger partial charge in [0, 0.05) is 40.9 Å². The first-order valence-electron chi connectivity index (χ1n) is 8.28. The van der Waals surface area contributed by atoms with E-state index in [0.29, 0.717) is 22.9 Å². The number of anilines is 2. The maximum Gasteiger partial charge on any atom is 0.224 e. The molecule has 1 fully saturated rings. The van der Waals surface area contributed by atoms with E-state index >= 15 is 0 Å². The molecule has 0 aromatic heterocycles. The summed E-state index contributed by atoms with van der Waals surface area (Å²) in [7, 11) is 0. The van der Waals surface area contributed by atoms with Gasteiger partial charge in [0.1, 0.15) is 0 Å². The average Bonchev–Trinajstić information content (AvgIpc) is 2.62. The summed E-state index contributed by atoms with van der Waals surface area (Å²) in [5.41, 5.74) is 2.86. The van der Waals surface area contributed by atoms with Crippen LogP contribution in [0.25, 0.3) is 0 Å². The molecular formula is C19H20Cl2N2O2. The van der Waals surface area contributed by atoms with Crippen LogP contribution in [-0.4, -0.2) is 32.2 Å². The number of rotatable bonds is 5. The van der Waals surface area contributed by atoms with Crippen LogP contribution in [-0.2, 0) is 16.0 Å². The van der Waals surface area contributed by atoms with Crippen LogP contribution < -0.4 is 10.2 Å². The second kappa shape index (κ2) is 8.56. The van der Waals surface area contributed by atoms with Crippen molar-refractivity contribution in [2.45, 2.75) is 12.8 Å². The Kier molecular flexibility index (Phi) is 6.19. The van der Waals surface area contributed by atoms with E-state index in [2.05, 4.69) is 10.2 Å². The van der Waals surface area contributed by atoms with Gasteiger partial charge in [-0.25, -0.2) is 0 Å². The number of ether oxygens (including phenoxy) is 1. The summed E-state index contributed by atoms with van der Waals surface area (Å²) in [6.45, 7) is 3.30. The zero-order valence-electron chi connectivity index (χ0n) is 13.8. The smallest absolute Gasteiger partial charge is 0.224 e. The number of carbonyl (C=O) groups excluding carboxylic acids is 1. The molecule has 1 saturated heterocycles. The molecule has 0 unspecified atom stereocenters. The minimum atomic E-state index is -0.0369. The summed E-state index contributed by atoms with van der Waals surface area (Å²) in [5, 5.41) is 4.11. The predicted octanol–water partition coefficient (Wildman–Crippen LogP) is 4.40. The van der Waals surface area contributed by atoms with Gasteiger partial charge in [0.25, 0.3) is 0 Å². The lowest BCUT2D eigenvalue weighted by Crippen LogP contribution is -2.36. The van der Waals surface area contributed by atoms with Gasteiger partial charge >= 0.3 is 0 Å². The Morgan fingerprint density at radius 3 is 2.48 bits per heavy atom. The van der Waals surface area contributed by atoms with E-state index in [0.717, 1.165) is 43.2 Å². The van der Waals surface area contributed by atoms with Crippen molar-refractivity contribution < 1.29 is 9.53 Å². The molecule has 132 valence electrons. The van der Waals surface area contributed by atoms with Crippen LogP contribution >= 0.6 is 23.2 Å². The zero-order chi connectivity index (χ0) is 17.6. The number of carbonyl (C=O) groups is 1. The monoisotopic (exact) mass is 378 g/mol. The van der Waals surface area contributed by atoms with E-state index in [-0.39, 0.29) is 5.91 Å². The molecule has 1 aliphatic heterocycles. The Balaban J connectivity index is 1.52. The van der Waals surface area contributed by atoms with Crippen LogP contribution in [0, 0.1) is 0 Å². The molecule has 1 aliphatic rings. The normalized spacial score (nSPS) is 14.4. The van der Waals surface area contributed by atoms with Crippen LogP contribution in [0.15, 0.2) is 42.5 Å². The van der Waals surface area contributed by atoms with Crippen molar-refractivity contribution in [2.24, 2.45) is 0 Å². The van der Waals surface area contributed by atoms with Crippen molar-refractivity contribution in [2.75, 3.05) is 36.5 Å². The maximum atomic E-state index is 12.1. The number of morpholine rings is 1. The lowest BCUT2D eigenvalue weighted by molar-refractivity contribution is -0.116. The summed E-state index contributed by atoms with van der Waals surface area (Å²) in [5.74, 6) is -0.0369. The molecule has 2 aromatic rings. The van der Waals surface area contributed by atoms with Gasteiger partial charge < -0.3 is 15.0 Å². The van der Waals surface area contributed by atoms with Gasteiger partial charge in [-0.05, 0) is 48.4 Å². The second-order valence-corrected chi connectivity index (χ2v) is 6.77. The lowest BCUT2D eigenvalue weighted by Gasteiger charge is -2.28. The zero-order valence-corrected chi connectivity index (χ0v) is 15.3. The molecule has 1 amide bonds. The number of aryl methyl sites for hydroxylation is 1. The van der Waals surface area contributed by atoms with E-state index < -0.39 is 0 Å². The van der Waals surface area contributed by atoms with E-state index in [1.807, 2.05) is 30.3 Å². The molecule has 1 N–H and O–H groups in total. The Bertz CT molecular complexity index is 729. The van der Waals surface area contributed by atoms with Crippen molar-refractivity contribution in [3.05, 3.63) is 58.1 Å². The van der Waals surface area contributed by atoms with Crippen molar-refractivity contribution >= 4 is 40.5 Å². The SMILES string of the molecule is O=C(CCc1ccc(Cl)cc1Cl)Nc1ccc(N2CCOCC2)cc1. The van der Waals surface area contributed by atoms with Gasteiger partial charge in [-0.1, -0.05) is 29.3 Å². The first-order chi connectivity index (χ1) is 12.1. The van der Waals surface area contributed by atoms with Crippen LogP contribution in [0.1, 0.15) is 12.0 Å². The largest absolute Gasteiger partial charge is 0.378 e. The first-order valence-corrected chi connectivity index (χ1v) is 9.04. The highest BCUT2D eigenvalue weighted by molar-refractivity contribution is 6.35. The third-order valence-electron chi connectivity index (χ3n) is 4.16. The molecule has 0 aliphatic carbocycles. The van der Waals surface area contributed by atoms with Crippen LogP contribution in [0.5, 0.6) is 0 Å². The van der Waals surface area contributed by atoms with Crippen molar-refractivity contribution in [1.82, 2.24) is 0 Å². The average molecular weight is 379 g/mol. The summed E-state index contributed by atoms with van der Waals surface area (Å²) >= 11 is 12.0. The summed E-state index contributed by atoms with van der Waals surface area (Å²) in [6.07, 6.45) is 0.945. The van der Waals surface area contributed by atoms with Gasteiger partial charge in [-0.3, -0.25) is 4.79 Å². The highest BCUT2D eigenvalue weighted by Crippen LogP contribution is 2.23. The van der Waals surface area contributed by atoms with Crippen LogP contribution in [0.4, 0.5) is 11.4 Å². The van der Waals surface area contributed by atoms with Crippen LogP contribution in [0.2, 0.25) is 10.0 Å². The fourth-order valence-corrected chi connectivity index (χ4v) is 3.28. The van der Waals surface area contributed by atoms with E-state index in [1.54, 1.807) is 12.1 Å². The summed E-state index contributed by atoms with van der Waals surface area (Å²) < 4.78 is 5.36. The molecule has 0 radical (unpaired) electrons. The molecule has 25 heavy (non-hydrogen) atoms. The van der Waals surface area contributed by atoms with Crippen molar-refractivity contribution in [3.8, 4) is 0 Å². The van der Waals surface area contributed by atoms with E-state index in [1.165, 1.54) is 0 Å². The van der Waals surface area contributed by atoms with Gasteiger partial charge in [0.05, 0.1) is 13.2 Å². The lowest BCUT2D eigenvalue weighted by atomic mass is 10.1. The molecule has 0 saturated carbocycles. The fourth-order valence-electron chi connectivity index (χ4n) is 2.77. The van der Waals surface area contributed by atoms with Crippen molar-refractivity contribution in [3.63, 3.8) is 0 Å². The molecule has 4 nitrogen and oxygen atoms in total. The molecular weight excluding hydrogens is 359 g/mol. The third kappa shape index (κ3) is 5.11. The Labute approximate surface area is 157 Å². The molecule has 6 heteroatoms. The standard InChI is InChI=1S/C19H20Cl2N2O2/c20-15-3-1-14(18(21)13-15)2-8-19(24)22-16-4-6-17(7-5-16)23-9-11-25-12-10-23/h1,3-7,13H,2,8-12H2,(H,22,24). The third-order valence-corrected chi connectivity index (χ3v) is 4.75. The van der Waals surface area contributed by atoms with Gasteiger partial charge in [0.2, 0.25) is 5.91 Å². The summed E-state index contributed by atoms with van der Waals surface area (Å²) in [6, 6.07) is 13.2. The number of benzene rings is 2. The number of hydrogen-bond donors (Lipinski definition) is 1. The quantitative estimate of drug-likeness (QED) is 0.837. The first kappa shape index (κ1) is 18.1. The molecule has 0 atom stereocenters. The van der Waals surface area contributed by atoms with Crippen LogP contribution in [0.3, 0.4) is 0 Å². The number of hydrogen-bond acceptors (Lipinski definition) is 3. The molecule has 0 bridgehead atoms. The van der Waals surface area contributed by atoms with Gasteiger partial charge in [-0.2, -0.15) is 0 Å². The van der Waals surface area contributed by atoms with Gasteiger partial charge in [0.15, 0.2) is 0 Å². The fraction of sp³-hybridized carbons (Fsp3) is 0.316. The van der Waals surface area contributed by atoms with E-state index in [4.69, 9.17) is 27.9 Å². The number of nitrogens with one attached hydrogen (secondary N) is 1.